The van der Waals surface area contributed by atoms with E-state index in [1.54, 1.807) is 0 Å². The summed E-state index contributed by atoms with van der Waals surface area (Å²) in [4.78, 5) is 11.6. The van der Waals surface area contributed by atoms with Crippen LogP contribution >= 0.6 is 0 Å². The molecule has 0 saturated heterocycles. The number of carbonyl (C=O) groups is 1. The third kappa shape index (κ3) is 6.50. The second-order valence-corrected chi connectivity index (χ2v) is 5.51. The molecule has 0 aliphatic rings. The van der Waals surface area contributed by atoms with Crippen LogP contribution in [0.3, 0.4) is 0 Å². The van der Waals surface area contributed by atoms with Crippen LogP contribution in [0.15, 0.2) is 0 Å². The van der Waals surface area contributed by atoms with Crippen molar-refractivity contribution in [2.45, 2.75) is 53.5 Å². The fourth-order valence-electron chi connectivity index (χ4n) is 1.19. The van der Waals surface area contributed by atoms with Crippen molar-refractivity contribution in [3.05, 3.63) is 0 Å². The number of nitrogens with one attached hydrogen (secondary N) is 1. The van der Waals surface area contributed by atoms with Gasteiger partial charge in [0.05, 0.1) is 6.04 Å². The zero-order chi connectivity index (χ0) is 12.1. The quantitative estimate of drug-likeness (QED) is 0.734. The average molecular weight is 214 g/mol. The molecule has 0 bridgehead atoms. The average Bonchev–Trinajstić information content (AvgIpc) is 2.13. The molecule has 15 heavy (non-hydrogen) atoms. The lowest BCUT2D eigenvalue weighted by atomic mass is 9.92. The summed E-state index contributed by atoms with van der Waals surface area (Å²) in [5, 5.41) is 2.89. The van der Waals surface area contributed by atoms with Gasteiger partial charge in [-0.2, -0.15) is 0 Å². The van der Waals surface area contributed by atoms with Gasteiger partial charge in [0.2, 0.25) is 5.91 Å². The van der Waals surface area contributed by atoms with Gasteiger partial charge in [-0.15, -0.1) is 0 Å². The van der Waals surface area contributed by atoms with E-state index in [1.165, 1.54) is 0 Å². The van der Waals surface area contributed by atoms with E-state index in [9.17, 15) is 4.79 Å². The fraction of sp³-hybridized carbons (Fsp3) is 0.917. The lowest BCUT2D eigenvalue weighted by Gasteiger charge is -2.21. The van der Waals surface area contributed by atoms with Crippen molar-refractivity contribution in [3.63, 3.8) is 0 Å². The summed E-state index contributed by atoms with van der Waals surface area (Å²) in [6, 6.07) is -0.366. The van der Waals surface area contributed by atoms with Gasteiger partial charge in [0.15, 0.2) is 0 Å². The molecule has 3 N–H and O–H groups in total. The largest absolute Gasteiger partial charge is 0.355 e. The van der Waals surface area contributed by atoms with Crippen molar-refractivity contribution in [2.24, 2.45) is 17.1 Å². The molecule has 0 aromatic heterocycles. The first kappa shape index (κ1) is 14.4. The predicted molar refractivity (Wildman–Crippen MR) is 64.5 cm³/mol. The van der Waals surface area contributed by atoms with Crippen molar-refractivity contribution in [1.29, 1.82) is 0 Å². The molecule has 2 atom stereocenters. The fourth-order valence-corrected chi connectivity index (χ4v) is 1.19. The van der Waals surface area contributed by atoms with Gasteiger partial charge in [-0.25, -0.2) is 0 Å². The van der Waals surface area contributed by atoms with Gasteiger partial charge in [-0.05, 0) is 17.8 Å². The molecule has 3 heteroatoms. The molecule has 0 fully saturated rings. The van der Waals surface area contributed by atoms with Crippen LogP contribution in [-0.2, 0) is 4.79 Å². The van der Waals surface area contributed by atoms with Crippen LogP contribution in [0.25, 0.3) is 0 Å². The second kappa shape index (κ2) is 6.11. The molecule has 0 saturated carbocycles. The second-order valence-electron chi connectivity index (χ2n) is 5.51. The van der Waals surface area contributed by atoms with E-state index in [-0.39, 0.29) is 23.3 Å². The molecule has 0 aromatic carbocycles. The van der Waals surface area contributed by atoms with Crippen LogP contribution in [-0.4, -0.2) is 18.5 Å². The van der Waals surface area contributed by atoms with Crippen LogP contribution in [0.1, 0.15) is 47.5 Å². The first-order valence-corrected chi connectivity index (χ1v) is 5.81. The van der Waals surface area contributed by atoms with Crippen LogP contribution in [0, 0.1) is 11.3 Å². The third-order valence-electron chi connectivity index (χ3n) is 2.73. The van der Waals surface area contributed by atoms with Gasteiger partial charge < -0.3 is 11.1 Å². The Hall–Kier alpha value is -0.570. The standard InChI is InChI=1S/C12H26N2O/c1-6-9(2)10(13)11(15)14-8-7-12(3,4)5/h9-10H,6-8,13H2,1-5H3,(H,14,15)/t9?,10-/m0/s1. The van der Waals surface area contributed by atoms with Gasteiger partial charge in [0, 0.05) is 6.54 Å². The van der Waals surface area contributed by atoms with Gasteiger partial charge >= 0.3 is 0 Å². The first-order valence-electron chi connectivity index (χ1n) is 5.81. The smallest absolute Gasteiger partial charge is 0.237 e. The number of nitrogens with two attached hydrogens (primary N) is 1. The minimum atomic E-state index is -0.366. The Bertz CT molecular complexity index is 196. The van der Waals surface area contributed by atoms with E-state index in [0.29, 0.717) is 6.54 Å². The summed E-state index contributed by atoms with van der Waals surface area (Å²) >= 11 is 0. The summed E-state index contributed by atoms with van der Waals surface area (Å²) < 4.78 is 0. The van der Waals surface area contributed by atoms with Crippen molar-refractivity contribution < 1.29 is 4.79 Å². The summed E-state index contributed by atoms with van der Waals surface area (Å²) in [7, 11) is 0. The molecule has 0 aliphatic heterocycles. The molecule has 0 radical (unpaired) electrons. The van der Waals surface area contributed by atoms with Gasteiger partial charge in [-0.1, -0.05) is 41.0 Å². The molecular weight excluding hydrogens is 188 g/mol. The van der Waals surface area contributed by atoms with E-state index in [2.05, 4.69) is 26.1 Å². The summed E-state index contributed by atoms with van der Waals surface area (Å²) in [5.41, 5.74) is 6.07. The molecule has 90 valence electrons. The molecule has 3 nitrogen and oxygen atoms in total. The van der Waals surface area contributed by atoms with Gasteiger partial charge in [-0.3, -0.25) is 4.79 Å². The Kier molecular flexibility index (Phi) is 5.88. The summed E-state index contributed by atoms with van der Waals surface area (Å²) in [6.07, 6.45) is 1.92. The number of rotatable bonds is 5. The molecule has 0 heterocycles. The van der Waals surface area contributed by atoms with Gasteiger partial charge in [0.1, 0.15) is 0 Å². The summed E-state index contributed by atoms with van der Waals surface area (Å²) in [5.74, 6) is 0.230. The molecule has 0 aromatic rings. The van der Waals surface area contributed by atoms with Crippen molar-refractivity contribution >= 4 is 5.91 Å². The normalized spacial score (nSPS) is 15.9. The predicted octanol–water partition coefficient (Wildman–Crippen LogP) is 1.91. The number of hydrogen-bond donors (Lipinski definition) is 2. The summed E-state index contributed by atoms with van der Waals surface area (Å²) in [6.45, 7) is 11.3. The minimum absolute atomic E-state index is 0.0198. The topological polar surface area (TPSA) is 55.1 Å². The minimum Gasteiger partial charge on any atom is -0.355 e. The zero-order valence-corrected chi connectivity index (χ0v) is 10.8. The van der Waals surface area contributed by atoms with E-state index in [1.807, 2.05) is 13.8 Å². The lowest BCUT2D eigenvalue weighted by Crippen LogP contribution is -2.45. The van der Waals surface area contributed by atoms with Gasteiger partial charge in [0.25, 0.3) is 0 Å². The van der Waals surface area contributed by atoms with E-state index in [0.717, 1.165) is 12.8 Å². The molecular formula is C12H26N2O. The molecule has 1 amide bonds. The maximum Gasteiger partial charge on any atom is 0.237 e. The number of hydrogen-bond acceptors (Lipinski definition) is 2. The Morgan fingerprint density at radius 1 is 1.40 bits per heavy atom. The Morgan fingerprint density at radius 3 is 2.33 bits per heavy atom. The third-order valence-corrected chi connectivity index (χ3v) is 2.73. The zero-order valence-electron chi connectivity index (χ0n) is 10.8. The molecule has 0 rings (SSSR count). The Balaban J connectivity index is 3.84. The highest BCUT2D eigenvalue weighted by atomic mass is 16.2. The maximum absolute atomic E-state index is 11.6. The molecule has 1 unspecified atom stereocenters. The molecule has 0 aliphatic carbocycles. The Morgan fingerprint density at radius 2 is 1.93 bits per heavy atom. The Labute approximate surface area is 93.8 Å². The van der Waals surface area contributed by atoms with Crippen LogP contribution in [0.4, 0.5) is 0 Å². The van der Waals surface area contributed by atoms with Crippen LogP contribution < -0.4 is 11.1 Å². The number of amides is 1. The highest BCUT2D eigenvalue weighted by molar-refractivity contribution is 5.81. The van der Waals surface area contributed by atoms with Crippen LogP contribution in [0.5, 0.6) is 0 Å². The monoisotopic (exact) mass is 214 g/mol. The SMILES string of the molecule is CCC(C)[C@H](N)C(=O)NCCC(C)(C)C. The highest BCUT2D eigenvalue weighted by Crippen LogP contribution is 2.17. The van der Waals surface area contributed by atoms with Crippen LogP contribution in [0.2, 0.25) is 0 Å². The maximum atomic E-state index is 11.6. The van der Waals surface area contributed by atoms with Crippen molar-refractivity contribution in [1.82, 2.24) is 5.32 Å². The van der Waals surface area contributed by atoms with E-state index < -0.39 is 0 Å². The van der Waals surface area contributed by atoms with E-state index >= 15 is 0 Å². The first-order chi connectivity index (χ1) is 6.78. The number of carbonyl (C=O) groups excluding carboxylic acids is 1. The van der Waals surface area contributed by atoms with E-state index in [4.69, 9.17) is 5.73 Å². The molecule has 0 spiro atoms. The van der Waals surface area contributed by atoms with Crippen molar-refractivity contribution in [3.8, 4) is 0 Å². The highest BCUT2D eigenvalue weighted by Gasteiger charge is 2.19. The van der Waals surface area contributed by atoms with Crippen molar-refractivity contribution in [2.75, 3.05) is 6.54 Å². The lowest BCUT2D eigenvalue weighted by molar-refractivity contribution is -0.123.